The molecule has 0 aliphatic heterocycles. The summed E-state index contributed by atoms with van der Waals surface area (Å²) >= 11 is 0. The van der Waals surface area contributed by atoms with Crippen LogP contribution in [0.3, 0.4) is 0 Å². The van der Waals surface area contributed by atoms with E-state index in [4.69, 9.17) is 4.74 Å². The second kappa shape index (κ2) is 8.91. The number of halogens is 2. The average molecular weight is 448 g/mol. The molecule has 1 heterocycles. The minimum Gasteiger partial charge on any atom is -0.456 e. The fourth-order valence-electron chi connectivity index (χ4n) is 4.06. The van der Waals surface area contributed by atoms with Crippen molar-refractivity contribution in [1.29, 1.82) is 0 Å². The van der Waals surface area contributed by atoms with E-state index in [1.165, 1.54) is 0 Å². The highest BCUT2D eigenvalue weighted by molar-refractivity contribution is 5.89. The number of alkyl halides is 2. The van der Waals surface area contributed by atoms with Crippen LogP contribution < -0.4 is 0 Å². The van der Waals surface area contributed by atoms with Gasteiger partial charge in [-0.25, -0.2) is 9.48 Å². The minimum absolute atomic E-state index is 0.181. The van der Waals surface area contributed by atoms with Gasteiger partial charge in [-0.05, 0) is 84.4 Å². The molecule has 0 spiro atoms. The number of nitrogens with zero attached hydrogens (tertiary/aromatic N) is 3. The molecular formula is C25H35F2N3O2. The molecule has 1 aromatic carbocycles. The second-order valence-electron chi connectivity index (χ2n) is 10.4. The van der Waals surface area contributed by atoms with Crippen LogP contribution in [0.4, 0.5) is 8.78 Å². The topological polar surface area (TPSA) is 57.0 Å². The van der Waals surface area contributed by atoms with E-state index in [0.29, 0.717) is 30.5 Å². The first-order valence-electron chi connectivity index (χ1n) is 11.5. The lowest BCUT2D eigenvalue weighted by atomic mass is 9.83. The molecule has 7 heteroatoms. The predicted molar refractivity (Wildman–Crippen MR) is 120 cm³/mol. The van der Waals surface area contributed by atoms with Crippen LogP contribution in [0.2, 0.25) is 0 Å². The second-order valence-corrected chi connectivity index (χ2v) is 10.4. The molecule has 1 aliphatic carbocycles. The summed E-state index contributed by atoms with van der Waals surface area (Å²) in [4.78, 5) is 12.4. The summed E-state index contributed by atoms with van der Waals surface area (Å²) in [5, 5.41) is 8.04. The molecule has 0 fully saturated rings. The Labute approximate surface area is 189 Å². The van der Waals surface area contributed by atoms with Gasteiger partial charge in [-0.1, -0.05) is 30.7 Å². The van der Waals surface area contributed by atoms with Crippen LogP contribution in [0, 0.1) is 5.92 Å². The Hall–Kier alpha value is -2.31. The predicted octanol–water partition coefficient (Wildman–Crippen LogP) is 6.06. The first kappa shape index (κ1) is 24.3. The molecule has 0 N–H and O–H groups in total. The maximum atomic E-state index is 15.6. The Bertz CT molecular complexity index is 943. The van der Waals surface area contributed by atoms with E-state index in [1.807, 2.05) is 41.5 Å². The summed E-state index contributed by atoms with van der Waals surface area (Å²) in [6.07, 6.45) is 3.46. The molecule has 0 radical (unpaired) electrons. The van der Waals surface area contributed by atoms with Gasteiger partial charge in [0.1, 0.15) is 5.60 Å². The molecule has 2 aromatic rings. The largest absolute Gasteiger partial charge is 0.456 e. The van der Waals surface area contributed by atoms with Crippen molar-refractivity contribution in [2.24, 2.45) is 5.92 Å². The lowest BCUT2D eigenvalue weighted by Gasteiger charge is -2.30. The third-order valence-corrected chi connectivity index (χ3v) is 6.34. The average Bonchev–Trinajstić information content (AvgIpc) is 3.14. The van der Waals surface area contributed by atoms with Gasteiger partial charge in [0, 0.05) is 5.92 Å². The van der Waals surface area contributed by atoms with Crippen molar-refractivity contribution in [2.75, 3.05) is 0 Å². The summed E-state index contributed by atoms with van der Waals surface area (Å²) in [6, 6.07) is 6.81. The number of fused-ring (bicyclic) bond motifs is 1. The fourth-order valence-corrected chi connectivity index (χ4v) is 4.06. The monoisotopic (exact) mass is 447 g/mol. The number of aromatic nitrogens is 3. The SMILES string of the molecule is CCC(C)(C)OC(=O)c1ccc(CC2CCCCc3c(nnn3C(C)(C)C)C2(F)F)cc1. The molecule has 0 amide bonds. The van der Waals surface area contributed by atoms with E-state index in [9.17, 15) is 4.79 Å². The highest BCUT2D eigenvalue weighted by Crippen LogP contribution is 2.43. The van der Waals surface area contributed by atoms with Crippen molar-refractivity contribution in [3.63, 3.8) is 0 Å². The minimum atomic E-state index is -3.07. The quantitative estimate of drug-likeness (QED) is 0.523. The van der Waals surface area contributed by atoms with Crippen molar-refractivity contribution < 1.29 is 18.3 Å². The highest BCUT2D eigenvalue weighted by Gasteiger charge is 2.47. The Morgan fingerprint density at radius 2 is 1.81 bits per heavy atom. The van der Waals surface area contributed by atoms with Gasteiger partial charge < -0.3 is 4.74 Å². The van der Waals surface area contributed by atoms with E-state index in [0.717, 1.165) is 18.4 Å². The number of hydrogen-bond acceptors (Lipinski definition) is 4. The van der Waals surface area contributed by atoms with E-state index in [-0.39, 0.29) is 12.1 Å². The van der Waals surface area contributed by atoms with Gasteiger partial charge in [0.05, 0.1) is 16.8 Å². The van der Waals surface area contributed by atoms with Crippen LogP contribution in [0.15, 0.2) is 24.3 Å². The van der Waals surface area contributed by atoms with Gasteiger partial charge in [-0.2, -0.15) is 8.78 Å². The summed E-state index contributed by atoms with van der Waals surface area (Å²) in [6.45, 7) is 11.5. The first-order valence-corrected chi connectivity index (χ1v) is 11.5. The van der Waals surface area contributed by atoms with Crippen LogP contribution in [0.5, 0.6) is 0 Å². The van der Waals surface area contributed by atoms with Gasteiger partial charge in [-0.3, -0.25) is 0 Å². The smallest absolute Gasteiger partial charge is 0.338 e. The Balaban J connectivity index is 1.81. The van der Waals surface area contributed by atoms with Gasteiger partial charge >= 0.3 is 5.97 Å². The molecule has 5 nitrogen and oxygen atoms in total. The Morgan fingerprint density at radius 3 is 2.41 bits per heavy atom. The van der Waals surface area contributed by atoms with Gasteiger partial charge in [0.15, 0.2) is 5.69 Å². The van der Waals surface area contributed by atoms with Gasteiger partial charge in [0.2, 0.25) is 0 Å². The number of ether oxygens (including phenoxy) is 1. The molecule has 32 heavy (non-hydrogen) atoms. The number of benzene rings is 1. The van der Waals surface area contributed by atoms with Crippen molar-refractivity contribution in [3.05, 3.63) is 46.8 Å². The van der Waals surface area contributed by atoms with Crippen LogP contribution in [0.25, 0.3) is 0 Å². The molecule has 0 bridgehead atoms. The number of carbonyl (C=O) groups excluding carboxylic acids is 1. The van der Waals surface area contributed by atoms with E-state index in [1.54, 1.807) is 28.9 Å². The molecule has 176 valence electrons. The molecule has 0 saturated heterocycles. The Morgan fingerprint density at radius 1 is 1.16 bits per heavy atom. The highest BCUT2D eigenvalue weighted by atomic mass is 19.3. The zero-order chi connectivity index (χ0) is 23.7. The third-order valence-electron chi connectivity index (χ3n) is 6.34. The maximum Gasteiger partial charge on any atom is 0.338 e. The summed E-state index contributed by atoms with van der Waals surface area (Å²) < 4.78 is 38.4. The molecule has 1 aliphatic rings. The third kappa shape index (κ3) is 5.18. The standard InChI is InChI=1S/C25H35F2N3O2/c1-7-24(5,6)32-22(31)18-14-12-17(13-15-18)16-19-10-8-9-11-20-21(25(19,26)27)28-29-30(20)23(2,3)4/h12-15,19H,7-11,16H2,1-6H3. The summed E-state index contributed by atoms with van der Waals surface area (Å²) in [7, 11) is 0. The molecule has 1 aromatic heterocycles. The molecule has 0 saturated carbocycles. The number of carbonyl (C=O) groups is 1. The zero-order valence-electron chi connectivity index (χ0n) is 20.0. The summed E-state index contributed by atoms with van der Waals surface area (Å²) in [5.41, 5.74) is 0.616. The van der Waals surface area contributed by atoms with E-state index in [2.05, 4.69) is 10.3 Å². The van der Waals surface area contributed by atoms with Crippen LogP contribution in [-0.4, -0.2) is 26.6 Å². The van der Waals surface area contributed by atoms with Crippen molar-refractivity contribution in [3.8, 4) is 0 Å². The van der Waals surface area contributed by atoms with E-state index >= 15 is 8.78 Å². The number of rotatable bonds is 5. The first-order chi connectivity index (χ1) is 14.8. The molecule has 1 atom stereocenters. The maximum absolute atomic E-state index is 15.6. The Kier molecular flexibility index (Phi) is 6.78. The van der Waals surface area contributed by atoms with Gasteiger partial charge in [0.25, 0.3) is 5.92 Å². The molecule has 3 rings (SSSR count). The number of esters is 1. The van der Waals surface area contributed by atoms with Gasteiger partial charge in [-0.15, -0.1) is 5.10 Å². The van der Waals surface area contributed by atoms with Crippen LogP contribution >= 0.6 is 0 Å². The van der Waals surface area contributed by atoms with Crippen molar-refractivity contribution >= 4 is 5.97 Å². The molecule has 1 unspecified atom stereocenters. The zero-order valence-corrected chi connectivity index (χ0v) is 20.0. The molecular weight excluding hydrogens is 412 g/mol. The lowest BCUT2D eigenvalue weighted by molar-refractivity contribution is -0.0751. The van der Waals surface area contributed by atoms with Crippen LogP contribution in [-0.2, 0) is 29.0 Å². The lowest BCUT2D eigenvalue weighted by Crippen LogP contribution is -2.32. The van der Waals surface area contributed by atoms with Crippen molar-refractivity contribution in [2.45, 2.75) is 97.1 Å². The fraction of sp³-hybridized carbons (Fsp3) is 0.640. The normalized spacial score (nSPS) is 19.1. The van der Waals surface area contributed by atoms with Crippen molar-refractivity contribution in [1.82, 2.24) is 15.0 Å². The van der Waals surface area contributed by atoms with E-state index < -0.39 is 28.9 Å². The van der Waals surface area contributed by atoms with Crippen LogP contribution in [0.1, 0.15) is 94.5 Å². The number of hydrogen-bond donors (Lipinski definition) is 0. The summed E-state index contributed by atoms with van der Waals surface area (Å²) in [5.74, 6) is -4.34.